The maximum atomic E-state index is 10.8. The third-order valence-electron chi connectivity index (χ3n) is 3.75. The van der Waals surface area contributed by atoms with Crippen LogP contribution in [0.3, 0.4) is 0 Å². The molecule has 0 aliphatic heterocycles. The van der Waals surface area contributed by atoms with E-state index in [-0.39, 0.29) is 5.69 Å². The van der Waals surface area contributed by atoms with Crippen LogP contribution in [0.1, 0.15) is 35.5 Å². The van der Waals surface area contributed by atoms with Gasteiger partial charge in [0.15, 0.2) is 5.69 Å². The lowest BCUT2D eigenvalue weighted by Crippen LogP contribution is -2.26. The molecule has 0 atom stereocenters. The lowest BCUT2D eigenvalue weighted by atomic mass is 10.1. The topological polar surface area (TPSA) is 78.4 Å². The summed E-state index contributed by atoms with van der Waals surface area (Å²) < 4.78 is 0. The number of hydrogen-bond acceptors (Lipinski definition) is 5. The number of carbonyl (C=O) groups is 1. The lowest BCUT2D eigenvalue weighted by Gasteiger charge is -2.22. The maximum absolute atomic E-state index is 10.8. The first-order valence-corrected chi connectivity index (χ1v) is 7.53. The second-order valence-corrected chi connectivity index (χ2v) is 5.72. The van der Waals surface area contributed by atoms with Crippen molar-refractivity contribution in [3.8, 4) is 0 Å². The van der Waals surface area contributed by atoms with Gasteiger partial charge in [-0.15, -0.1) is 0 Å². The minimum Gasteiger partial charge on any atom is -0.476 e. The molecule has 6 heteroatoms. The number of anilines is 1. The van der Waals surface area contributed by atoms with Crippen molar-refractivity contribution in [1.29, 1.82) is 0 Å². The van der Waals surface area contributed by atoms with Crippen LogP contribution in [0.15, 0.2) is 36.7 Å². The molecule has 0 aliphatic rings. The number of carboxylic acid groups (broad SMARTS) is 1. The number of carboxylic acids is 1. The van der Waals surface area contributed by atoms with Gasteiger partial charge in [-0.1, -0.05) is 24.3 Å². The molecule has 1 aromatic heterocycles. The van der Waals surface area contributed by atoms with E-state index >= 15 is 0 Å². The number of nitrogens with zero attached hydrogens (tertiary/aromatic N) is 3. The fraction of sp³-hybridized carbons (Fsp3) is 0.353. The summed E-state index contributed by atoms with van der Waals surface area (Å²) in [6, 6.07) is 8.72. The Kier molecular flexibility index (Phi) is 5.65. The molecule has 122 valence electrons. The lowest BCUT2D eigenvalue weighted by molar-refractivity contribution is 0.0690. The first-order chi connectivity index (χ1) is 11.0. The van der Waals surface area contributed by atoms with Crippen LogP contribution in [0.5, 0.6) is 0 Å². The third-order valence-corrected chi connectivity index (χ3v) is 3.75. The Morgan fingerprint density at radius 3 is 2.48 bits per heavy atom. The predicted molar refractivity (Wildman–Crippen MR) is 89.4 cm³/mol. The first kappa shape index (κ1) is 16.9. The minimum absolute atomic E-state index is 0.0606. The average molecular weight is 314 g/mol. The Morgan fingerprint density at radius 2 is 1.91 bits per heavy atom. The fourth-order valence-corrected chi connectivity index (χ4v) is 2.05. The van der Waals surface area contributed by atoms with Gasteiger partial charge in [0.25, 0.3) is 0 Å². The highest BCUT2D eigenvalue weighted by atomic mass is 16.4. The van der Waals surface area contributed by atoms with Crippen LogP contribution in [-0.2, 0) is 13.1 Å². The molecule has 0 radical (unpaired) electrons. The molecule has 1 aromatic carbocycles. The van der Waals surface area contributed by atoms with Gasteiger partial charge in [0.2, 0.25) is 0 Å². The van der Waals surface area contributed by atoms with E-state index < -0.39 is 5.97 Å². The van der Waals surface area contributed by atoms with Crippen LogP contribution >= 0.6 is 0 Å². The molecule has 2 aromatic rings. The van der Waals surface area contributed by atoms with Gasteiger partial charge in [-0.3, -0.25) is 4.90 Å². The summed E-state index contributed by atoms with van der Waals surface area (Å²) >= 11 is 0. The van der Waals surface area contributed by atoms with Gasteiger partial charge in [0.05, 0.1) is 12.4 Å². The monoisotopic (exact) mass is 314 g/mol. The smallest absolute Gasteiger partial charge is 0.356 e. The second kappa shape index (κ2) is 7.69. The minimum atomic E-state index is -1.08. The Balaban J connectivity index is 2.04. The van der Waals surface area contributed by atoms with Gasteiger partial charge < -0.3 is 10.4 Å². The number of nitrogens with one attached hydrogen (secondary N) is 1. The summed E-state index contributed by atoms with van der Waals surface area (Å²) in [6.07, 6.45) is 2.69. The zero-order valence-corrected chi connectivity index (χ0v) is 13.7. The Morgan fingerprint density at radius 1 is 1.22 bits per heavy atom. The molecule has 1 heterocycles. The van der Waals surface area contributed by atoms with E-state index in [0.717, 1.165) is 6.54 Å². The molecule has 0 bridgehead atoms. The molecule has 6 nitrogen and oxygen atoms in total. The number of hydrogen-bond donors (Lipinski definition) is 2. The number of rotatable bonds is 7. The quantitative estimate of drug-likeness (QED) is 0.818. The highest BCUT2D eigenvalue weighted by molar-refractivity contribution is 5.84. The molecule has 2 rings (SSSR count). The largest absolute Gasteiger partial charge is 0.476 e. The van der Waals surface area contributed by atoms with Crippen molar-refractivity contribution in [1.82, 2.24) is 14.9 Å². The SMILES string of the molecule is CC(C)N(C)Cc1ccccc1CNc1cnc(C(=O)O)cn1. The van der Waals surface area contributed by atoms with Gasteiger partial charge >= 0.3 is 5.97 Å². The summed E-state index contributed by atoms with van der Waals surface area (Å²) in [4.78, 5) is 21.0. The summed E-state index contributed by atoms with van der Waals surface area (Å²) in [6.45, 7) is 5.82. The number of aromatic carboxylic acids is 1. The van der Waals surface area contributed by atoms with Crippen molar-refractivity contribution in [2.75, 3.05) is 12.4 Å². The van der Waals surface area contributed by atoms with Crippen molar-refractivity contribution in [3.63, 3.8) is 0 Å². The van der Waals surface area contributed by atoms with E-state index in [1.54, 1.807) is 0 Å². The van der Waals surface area contributed by atoms with Crippen LogP contribution in [-0.4, -0.2) is 39.0 Å². The molecule has 0 saturated heterocycles. The molecule has 0 spiro atoms. The third kappa shape index (κ3) is 4.75. The molecule has 2 N–H and O–H groups in total. The predicted octanol–water partition coefficient (Wildman–Crippen LogP) is 2.63. The van der Waals surface area contributed by atoms with E-state index in [2.05, 4.69) is 53.2 Å². The fourth-order valence-electron chi connectivity index (χ4n) is 2.05. The summed E-state index contributed by atoms with van der Waals surface area (Å²) in [5.41, 5.74) is 2.38. The van der Waals surface area contributed by atoms with Crippen LogP contribution in [0.25, 0.3) is 0 Å². The number of benzene rings is 1. The molecule has 0 saturated carbocycles. The maximum Gasteiger partial charge on any atom is 0.356 e. The molecule has 0 fully saturated rings. The van der Waals surface area contributed by atoms with E-state index in [1.807, 2.05) is 12.1 Å². The zero-order valence-electron chi connectivity index (χ0n) is 13.7. The molecule has 0 aliphatic carbocycles. The Labute approximate surface area is 136 Å². The standard InChI is InChI=1S/C17H22N4O2/c1-12(2)21(3)11-14-7-5-4-6-13(14)8-19-16-10-18-15(9-20-16)17(22)23/h4-7,9-10,12H,8,11H2,1-3H3,(H,19,20)(H,22,23). The normalized spacial score (nSPS) is 11.0. The van der Waals surface area contributed by atoms with Crippen molar-refractivity contribution < 1.29 is 9.90 Å². The molecule has 23 heavy (non-hydrogen) atoms. The summed E-state index contributed by atoms with van der Waals surface area (Å²) in [5.74, 6) is -0.520. The molecule has 0 unspecified atom stereocenters. The van der Waals surface area contributed by atoms with Crippen molar-refractivity contribution >= 4 is 11.8 Å². The zero-order chi connectivity index (χ0) is 16.8. The highest BCUT2D eigenvalue weighted by Gasteiger charge is 2.09. The van der Waals surface area contributed by atoms with Crippen LogP contribution in [0, 0.1) is 0 Å². The first-order valence-electron chi connectivity index (χ1n) is 7.53. The van der Waals surface area contributed by atoms with Gasteiger partial charge in [0, 0.05) is 19.1 Å². The van der Waals surface area contributed by atoms with Crippen molar-refractivity contribution in [2.24, 2.45) is 0 Å². The molecular weight excluding hydrogens is 292 g/mol. The number of aromatic nitrogens is 2. The summed E-state index contributed by atoms with van der Waals surface area (Å²) in [7, 11) is 2.10. The van der Waals surface area contributed by atoms with Gasteiger partial charge in [-0.05, 0) is 32.0 Å². The Hall–Kier alpha value is -2.47. The van der Waals surface area contributed by atoms with E-state index in [9.17, 15) is 4.79 Å². The van der Waals surface area contributed by atoms with Gasteiger partial charge in [-0.25, -0.2) is 14.8 Å². The van der Waals surface area contributed by atoms with Crippen LogP contribution in [0.4, 0.5) is 5.82 Å². The van der Waals surface area contributed by atoms with Gasteiger partial charge in [0.1, 0.15) is 5.82 Å². The second-order valence-electron chi connectivity index (χ2n) is 5.72. The van der Waals surface area contributed by atoms with Crippen LogP contribution in [0.2, 0.25) is 0 Å². The van der Waals surface area contributed by atoms with Crippen LogP contribution < -0.4 is 5.32 Å². The summed E-state index contributed by atoms with van der Waals surface area (Å²) in [5, 5.41) is 12.0. The molecule has 0 amide bonds. The van der Waals surface area contributed by atoms with Gasteiger partial charge in [-0.2, -0.15) is 0 Å². The van der Waals surface area contributed by atoms with Crippen molar-refractivity contribution in [2.45, 2.75) is 33.0 Å². The van der Waals surface area contributed by atoms with Crippen molar-refractivity contribution in [3.05, 3.63) is 53.5 Å². The Bertz CT molecular complexity index is 656. The average Bonchev–Trinajstić information content (AvgIpc) is 2.54. The highest BCUT2D eigenvalue weighted by Crippen LogP contribution is 2.14. The van der Waals surface area contributed by atoms with E-state index in [1.165, 1.54) is 23.5 Å². The molecular formula is C17H22N4O2. The van der Waals surface area contributed by atoms with E-state index in [0.29, 0.717) is 18.4 Å². The van der Waals surface area contributed by atoms with E-state index in [4.69, 9.17) is 5.11 Å².